The Morgan fingerprint density at radius 2 is 2.26 bits per heavy atom. The van der Waals surface area contributed by atoms with Crippen molar-refractivity contribution < 1.29 is 4.52 Å². The SMILES string of the molecule is CC(C)c1nc(CN2CCC3(CCNC3)C2)no1.Cl. The van der Waals surface area contributed by atoms with Crippen LogP contribution in [0, 0.1) is 5.41 Å². The molecule has 1 atom stereocenters. The number of aromatic nitrogens is 2. The van der Waals surface area contributed by atoms with Crippen LogP contribution in [-0.4, -0.2) is 41.2 Å². The van der Waals surface area contributed by atoms with Crippen molar-refractivity contribution in [3.05, 3.63) is 11.7 Å². The molecule has 108 valence electrons. The first-order valence-corrected chi connectivity index (χ1v) is 6.92. The second kappa shape index (κ2) is 5.77. The second-order valence-corrected chi connectivity index (χ2v) is 6.09. The Bertz CT molecular complexity index is 415. The van der Waals surface area contributed by atoms with Gasteiger partial charge in [-0.1, -0.05) is 19.0 Å². The van der Waals surface area contributed by atoms with Crippen LogP contribution >= 0.6 is 12.4 Å². The van der Waals surface area contributed by atoms with Crippen LogP contribution in [0.5, 0.6) is 0 Å². The first-order valence-electron chi connectivity index (χ1n) is 6.92. The molecular weight excluding hydrogens is 264 g/mol. The standard InChI is InChI=1S/C13H22N4O.ClH/c1-10(2)12-15-11(16-18-12)7-17-6-4-13(9-17)3-5-14-8-13;/h10,14H,3-9H2,1-2H3;1H. The van der Waals surface area contributed by atoms with Gasteiger partial charge in [-0.05, 0) is 31.3 Å². The normalized spacial score (nSPS) is 27.3. The minimum atomic E-state index is 0. The molecule has 0 aromatic carbocycles. The summed E-state index contributed by atoms with van der Waals surface area (Å²) in [6.07, 6.45) is 2.61. The zero-order chi connectivity index (χ0) is 12.6. The van der Waals surface area contributed by atoms with Gasteiger partial charge in [0.1, 0.15) is 0 Å². The van der Waals surface area contributed by atoms with Gasteiger partial charge in [-0.25, -0.2) is 0 Å². The lowest BCUT2D eigenvalue weighted by molar-refractivity contribution is 0.259. The van der Waals surface area contributed by atoms with Crippen LogP contribution in [-0.2, 0) is 6.54 Å². The zero-order valence-corrected chi connectivity index (χ0v) is 12.5. The lowest BCUT2D eigenvalue weighted by atomic mass is 9.87. The van der Waals surface area contributed by atoms with E-state index in [1.54, 1.807) is 0 Å². The first kappa shape index (κ1) is 14.8. The topological polar surface area (TPSA) is 54.2 Å². The monoisotopic (exact) mass is 286 g/mol. The summed E-state index contributed by atoms with van der Waals surface area (Å²) in [4.78, 5) is 6.91. The summed E-state index contributed by atoms with van der Waals surface area (Å²) in [6, 6.07) is 0. The lowest BCUT2D eigenvalue weighted by Gasteiger charge is -2.21. The molecule has 0 saturated carbocycles. The molecule has 1 spiro atoms. The van der Waals surface area contributed by atoms with Gasteiger partial charge >= 0.3 is 0 Å². The summed E-state index contributed by atoms with van der Waals surface area (Å²) >= 11 is 0. The van der Waals surface area contributed by atoms with E-state index < -0.39 is 0 Å². The Morgan fingerprint density at radius 1 is 1.42 bits per heavy atom. The molecule has 0 bridgehead atoms. The van der Waals surface area contributed by atoms with E-state index in [9.17, 15) is 0 Å². The average Bonchev–Trinajstić information content (AvgIpc) is 3.03. The highest BCUT2D eigenvalue weighted by atomic mass is 35.5. The fourth-order valence-corrected chi connectivity index (χ4v) is 3.07. The molecule has 2 saturated heterocycles. The third-order valence-corrected chi connectivity index (χ3v) is 4.19. The molecule has 0 radical (unpaired) electrons. The van der Waals surface area contributed by atoms with Gasteiger partial charge in [0.25, 0.3) is 0 Å². The van der Waals surface area contributed by atoms with E-state index in [2.05, 4.69) is 34.2 Å². The Balaban J connectivity index is 0.00000133. The summed E-state index contributed by atoms with van der Waals surface area (Å²) in [5.41, 5.74) is 0.518. The Kier molecular flexibility index (Phi) is 4.48. The number of rotatable bonds is 3. The first-order chi connectivity index (χ1) is 8.67. The number of nitrogens with zero attached hydrogens (tertiary/aromatic N) is 3. The molecule has 1 aromatic rings. The maximum atomic E-state index is 5.25. The van der Waals surface area contributed by atoms with E-state index in [1.165, 1.54) is 32.5 Å². The smallest absolute Gasteiger partial charge is 0.229 e. The van der Waals surface area contributed by atoms with Crippen molar-refractivity contribution >= 4 is 12.4 Å². The number of likely N-dealkylation sites (tertiary alicyclic amines) is 1. The molecule has 2 aliphatic heterocycles. The van der Waals surface area contributed by atoms with Gasteiger partial charge in [0.2, 0.25) is 5.89 Å². The molecule has 2 aliphatic rings. The molecular formula is C13H23ClN4O. The molecule has 1 aromatic heterocycles. The molecule has 2 fully saturated rings. The van der Waals surface area contributed by atoms with E-state index in [0.717, 1.165) is 24.8 Å². The van der Waals surface area contributed by atoms with Gasteiger partial charge in [-0.2, -0.15) is 4.98 Å². The van der Waals surface area contributed by atoms with Crippen molar-refractivity contribution in [1.82, 2.24) is 20.4 Å². The summed E-state index contributed by atoms with van der Waals surface area (Å²) in [6.45, 7) is 9.66. The number of halogens is 1. The predicted octanol–water partition coefficient (Wildman–Crippen LogP) is 1.80. The third kappa shape index (κ3) is 3.09. The van der Waals surface area contributed by atoms with Crippen LogP contribution in [0.15, 0.2) is 4.52 Å². The number of hydrogen-bond donors (Lipinski definition) is 1. The van der Waals surface area contributed by atoms with E-state index in [4.69, 9.17) is 4.52 Å². The molecule has 6 heteroatoms. The molecule has 3 heterocycles. The fraction of sp³-hybridized carbons (Fsp3) is 0.846. The summed E-state index contributed by atoms with van der Waals surface area (Å²) in [5, 5.41) is 7.55. The molecule has 5 nitrogen and oxygen atoms in total. The second-order valence-electron chi connectivity index (χ2n) is 6.09. The molecule has 0 aliphatic carbocycles. The maximum absolute atomic E-state index is 5.25. The van der Waals surface area contributed by atoms with Gasteiger partial charge in [0, 0.05) is 19.0 Å². The van der Waals surface area contributed by atoms with Crippen molar-refractivity contribution in [2.75, 3.05) is 26.2 Å². The molecule has 3 rings (SSSR count). The van der Waals surface area contributed by atoms with Crippen molar-refractivity contribution in [2.24, 2.45) is 5.41 Å². The largest absolute Gasteiger partial charge is 0.339 e. The van der Waals surface area contributed by atoms with Crippen molar-refractivity contribution in [3.63, 3.8) is 0 Å². The summed E-state index contributed by atoms with van der Waals surface area (Å²) in [5.74, 6) is 1.90. The van der Waals surface area contributed by atoms with Crippen LogP contribution < -0.4 is 5.32 Å². The Labute approximate surface area is 120 Å². The Morgan fingerprint density at radius 3 is 2.89 bits per heavy atom. The molecule has 0 amide bonds. The van der Waals surface area contributed by atoms with Crippen LogP contribution in [0.4, 0.5) is 0 Å². The lowest BCUT2D eigenvalue weighted by Crippen LogP contribution is -2.29. The van der Waals surface area contributed by atoms with Crippen LogP contribution in [0.25, 0.3) is 0 Å². The number of hydrogen-bond acceptors (Lipinski definition) is 5. The minimum absolute atomic E-state index is 0. The van der Waals surface area contributed by atoms with Crippen LogP contribution in [0.3, 0.4) is 0 Å². The predicted molar refractivity (Wildman–Crippen MR) is 75.4 cm³/mol. The summed E-state index contributed by atoms with van der Waals surface area (Å²) in [7, 11) is 0. The fourth-order valence-electron chi connectivity index (χ4n) is 3.07. The van der Waals surface area contributed by atoms with E-state index in [0.29, 0.717) is 11.3 Å². The molecule has 1 unspecified atom stereocenters. The van der Waals surface area contributed by atoms with E-state index >= 15 is 0 Å². The highest BCUT2D eigenvalue weighted by Crippen LogP contribution is 2.36. The van der Waals surface area contributed by atoms with Gasteiger partial charge in [0.05, 0.1) is 6.54 Å². The van der Waals surface area contributed by atoms with Crippen LogP contribution in [0.2, 0.25) is 0 Å². The quantitative estimate of drug-likeness (QED) is 0.918. The average molecular weight is 287 g/mol. The highest BCUT2D eigenvalue weighted by molar-refractivity contribution is 5.85. The van der Waals surface area contributed by atoms with Crippen LogP contribution in [0.1, 0.15) is 44.3 Å². The zero-order valence-electron chi connectivity index (χ0n) is 11.7. The van der Waals surface area contributed by atoms with Gasteiger partial charge in [0.15, 0.2) is 5.82 Å². The Hall–Kier alpha value is -0.650. The van der Waals surface area contributed by atoms with Crippen molar-refractivity contribution in [2.45, 2.75) is 39.2 Å². The van der Waals surface area contributed by atoms with Crippen molar-refractivity contribution in [3.8, 4) is 0 Å². The number of nitrogens with one attached hydrogen (secondary N) is 1. The summed E-state index contributed by atoms with van der Waals surface area (Å²) < 4.78 is 5.25. The van der Waals surface area contributed by atoms with Gasteiger partial charge < -0.3 is 9.84 Å². The third-order valence-electron chi connectivity index (χ3n) is 4.19. The molecule has 1 N–H and O–H groups in total. The van der Waals surface area contributed by atoms with Crippen molar-refractivity contribution in [1.29, 1.82) is 0 Å². The highest BCUT2D eigenvalue weighted by Gasteiger charge is 2.40. The van der Waals surface area contributed by atoms with E-state index in [1.807, 2.05) is 0 Å². The van der Waals surface area contributed by atoms with Gasteiger partial charge in [-0.15, -0.1) is 12.4 Å². The van der Waals surface area contributed by atoms with Gasteiger partial charge in [-0.3, -0.25) is 4.90 Å². The minimum Gasteiger partial charge on any atom is -0.339 e. The molecule has 19 heavy (non-hydrogen) atoms. The van der Waals surface area contributed by atoms with E-state index in [-0.39, 0.29) is 12.4 Å². The maximum Gasteiger partial charge on any atom is 0.229 e.